The number of nitrogens with zero attached hydrogens (tertiary/aromatic N) is 5. The van der Waals surface area contributed by atoms with E-state index >= 15 is 0 Å². The maximum atomic E-state index is 11.0. The average molecular weight is 400 g/mol. The third-order valence-corrected chi connectivity index (χ3v) is 4.75. The van der Waals surface area contributed by atoms with Crippen LogP contribution in [0.3, 0.4) is 0 Å². The van der Waals surface area contributed by atoms with Crippen LogP contribution in [-0.2, 0) is 16.1 Å². The van der Waals surface area contributed by atoms with Crippen LogP contribution in [0.4, 0.5) is 5.82 Å². The van der Waals surface area contributed by atoms with Crippen molar-refractivity contribution in [3.8, 4) is 5.75 Å². The lowest BCUT2D eigenvalue weighted by Crippen LogP contribution is -2.07. The lowest BCUT2D eigenvalue weighted by atomic mass is 10.3. The first-order valence-corrected chi connectivity index (χ1v) is 9.21. The minimum atomic E-state index is -0.331. The molecule has 3 heterocycles. The number of hydrogen-bond acceptors (Lipinski definition) is 10. The molecule has 0 bridgehead atoms. The number of nitrogen functional groups attached to an aromatic ring is 1. The summed E-state index contributed by atoms with van der Waals surface area (Å²) in [6, 6.07) is 4.96. The Morgan fingerprint density at radius 3 is 3.00 bits per heavy atom. The molecule has 0 fully saturated rings. The molecule has 11 heteroatoms. The Labute approximate surface area is 162 Å². The van der Waals surface area contributed by atoms with Gasteiger partial charge in [0.05, 0.1) is 6.61 Å². The monoisotopic (exact) mass is 400 g/mol. The smallest absolute Gasteiger partial charge is 0.302 e. The van der Waals surface area contributed by atoms with E-state index in [1.54, 1.807) is 12.1 Å². The molecule has 0 amide bonds. The number of hydrogen-bond donors (Lipinski definition) is 2. The van der Waals surface area contributed by atoms with Gasteiger partial charge in [0.1, 0.15) is 11.8 Å². The number of fused-ring (bicyclic) bond motifs is 2. The van der Waals surface area contributed by atoms with E-state index in [1.807, 2.05) is 4.57 Å². The summed E-state index contributed by atoms with van der Waals surface area (Å²) in [4.78, 5) is 28.1. The standard InChI is InChI=1S/C17H16N6O4S/c1-9(24)26-7-3-6-23-15-12(14(18)19-8-20-15)22-16(23)28-17-21-10-4-2-5-11(25)13(10)27-17/h2,4-5,8,25H,3,6-7H2,1H3,(H2,18,19,20). The first kappa shape index (κ1) is 18.0. The molecule has 0 spiro atoms. The van der Waals surface area contributed by atoms with Gasteiger partial charge in [-0.15, -0.1) is 0 Å². The Bertz CT molecular complexity index is 1170. The zero-order chi connectivity index (χ0) is 19.7. The van der Waals surface area contributed by atoms with Crippen molar-refractivity contribution >= 4 is 45.8 Å². The van der Waals surface area contributed by atoms with Crippen LogP contribution >= 0.6 is 11.8 Å². The van der Waals surface area contributed by atoms with E-state index in [4.69, 9.17) is 14.9 Å². The predicted octanol–water partition coefficient (Wildman–Crippen LogP) is 2.36. The number of phenols is 1. The van der Waals surface area contributed by atoms with E-state index < -0.39 is 0 Å². The lowest BCUT2D eigenvalue weighted by molar-refractivity contribution is -0.141. The van der Waals surface area contributed by atoms with Crippen LogP contribution < -0.4 is 5.73 Å². The van der Waals surface area contributed by atoms with E-state index in [9.17, 15) is 9.90 Å². The zero-order valence-corrected chi connectivity index (χ0v) is 15.6. The fraction of sp³-hybridized carbons (Fsp3) is 0.235. The summed E-state index contributed by atoms with van der Waals surface area (Å²) in [5.74, 6) is -0.0504. The molecule has 0 aliphatic heterocycles. The van der Waals surface area contributed by atoms with Gasteiger partial charge in [0.2, 0.25) is 0 Å². The van der Waals surface area contributed by atoms with Crippen LogP contribution in [0.1, 0.15) is 13.3 Å². The number of aryl methyl sites for hydroxylation is 1. The summed E-state index contributed by atoms with van der Waals surface area (Å²) in [6.45, 7) is 2.13. The van der Waals surface area contributed by atoms with Crippen molar-refractivity contribution in [2.24, 2.45) is 0 Å². The summed E-state index contributed by atoms with van der Waals surface area (Å²) < 4.78 is 12.5. The molecule has 4 aromatic rings. The van der Waals surface area contributed by atoms with Crippen LogP contribution in [0.5, 0.6) is 5.75 Å². The minimum Gasteiger partial charge on any atom is -0.504 e. The summed E-state index contributed by atoms with van der Waals surface area (Å²) in [5, 5.41) is 10.8. The van der Waals surface area contributed by atoms with Gasteiger partial charge < -0.3 is 24.6 Å². The van der Waals surface area contributed by atoms with Crippen molar-refractivity contribution in [1.29, 1.82) is 0 Å². The second kappa shape index (κ2) is 7.35. The quantitative estimate of drug-likeness (QED) is 0.366. The van der Waals surface area contributed by atoms with Crippen LogP contribution in [0.2, 0.25) is 0 Å². The topological polar surface area (TPSA) is 142 Å². The van der Waals surface area contributed by atoms with E-state index in [0.29, 0.717) is 45.6 Å². The average Bonchev–Trinajstić information content (AvgIpc) is 3.22. The first-order chi connectivity index (χ1) is 13.5. The molecule has 0 aliphatic carbocycles. The fourth-order valence-corrected chi connectivity index (χ4v) is 3.54. The maximum absolute atomic E-state index is 11.0. The third kappa shape index (κ3) is 3.43. The summed E-state index contributed by atoms with van der Waals surface area (Å²) in [6.07, 6.45) is 1.94. The summed E-state index contributed by atoms with van der Waals surface area (Å²) in [7, 11) is 0. The molecule has 4 rings (SSSR count). The highest BCUT2D eigenvalue weighted by atomic mass is 32.2. The number of imidazole rings is 1. The molecule has 144 valence electrons. The number of esters is 1. The van der Waals surface area contributed by atoms with Crippen LogP contribution in [-0.4, -0.2) is 42.2 Å². The third-order valence-electron chi connectivity index (χ3n) is 3.91. The number of anilines is 1. The van der Waals surface area contributed by atoms with E-state index in [0.717, 1.165) is 0 Å². The largest absolute Gasteiger partial charge is 0.504 e. The number of aromatic nitrogens is 5. The molecule has 3 aromatic heterocycles. The number of para-hydroxylation sites is 1. The molecule has 0 radical (unpaired) electrons. The van der Waals surface area contributed by atoms with Gasteiger partial charge in [-0.2, -0.15) is 0 Å². The van der Waals surface area contributed by atoms with Gasteiger partial charge in [0.25, 0.3) is 5.22 Å². The second-order valence-electron chi connectivity index (χ2n) is 5.88. The van der Waals surface area contributed by atoms with Gasteiger partial charge in [0.15, 0.2) is 33.5 Å². The highest BCUT2D eigenvalue weighted by Crippen LogP contribution is 2.34. The highest BCUT2D eigenvalue weighted by molar-refractivity contribution is 7.99. The van der Waals surface area contributed by atoms with Gasteiger partial charge in [-0.3, -0.25) is 4.79 Å². The Kier molecular flexibility index (Phi) is 4.74. The minimum absolute atomic E-state index is 0.0156. The van der Waals surface area contributed by atoms with E-state index in [-0.39, 0.29) is 24.1 Å². The zero-order valence-electron chi connectivity index (χ0n) is 14.8. The maximum Gasteiger partial charge on any atom is 0.302 e. The molecular formula is C17H16N6O4S. The van der Waals surface area contributed by atoms with Crippen LogP contribution in [0.15, 0.2) is 39.3 Å². The number of rotatable bonds is 6. The highest BCUT2D eigenvalue weighted by Gasteiger charge is 2.19. The van der Waals surface area contributed by atoms with Crippen molar-refractivity contribution in [1.82, 2.24) is 24.5 Å². The fourth-order valence-electron chi connectivity index (χ4n) is 2.69. The number of carbonyl (C=O) groups excluding carboxylic acids is 1. The number of benzene rings is 1. The van der Waals surface area contributed by atoms with Gasteiger partial charge in [-0.05, 0) is 18.6 Å². The lowest BCUT2D eigenvalue weighted by Gasteiger charge is -2.07. The number of carbonyl (C=O) groups is 1. The van der Waals surface area contributed by atoms with Gasteiger partial charge in [-0.25, -0.2) is 19.9 Å². The molecule has 0 saturated carbocycles. The Morgan fingerprint density at radius 2 is 2.21 bits per heavy atom. The first-order valence-electron chi connectivity index (χ1n) is 8.39. The van der Waals surface area contributed by atoms with Crippen LogP contribution in [0.25, 0.3) is 22.3 Å². The van der Waals surface area contributed by atoms with Crippen molar-refractivity contribution in [2.75, 3.05) is 12.3 Å². The molecule has 1 aromatic carbocycles. The Balaban J connectivity index is 1.68. The molecule has 0 atom stereocenters. The molecule has 0 saturated heterocycles. The van der Waals surface area contributed by atoms with E-state index in [1.165, 1.54) is 31.1 Å². The Morgan fingerprint density at radius 1 is 1.36 bits per heavy atom. The van der Waals surface area contributed by atoms with E-state index in [2.05, 4.69) is 19.9 Å². The Hall–Kier alpha value is -3.34. The normalized spacial score (nSPS) is 11.3. The predicted molar refractivity (Wildman–Crippen MR) is 101 cm³/mol. The number of phenolic OH excluding ortho intramolecular Hbond substituents is 1. The second-order valence-corrected chi connectivity index (χ2v) is 6.80. The molecule has 3 N–H and O–H groups in total. The summed E-state index contributed by atoms with van der Waals surface area (Å²) in [5.41, 5.74) is 7.81. The van der Waals surface area contributed by atoms with Gasteiger partial charge >= 0.3 is 5.97 Å². The number of oxazole rings is 1. The molecule has 0 aliphatic rings. The van der Waals surface area contributed by atoms with Crippen molar-refractivity contribution in [3.63, 3.8) is 0 Å². The SMILES string of the molecule is CC(=O)OCCCn1c(Sc2nc3cccc(O)c3o2)nc2c(N)ncnc21. The number of aromatic hydroxyl groups is 1. The number of nitrogens with two attached hydrogens (primary N) is 1. The molecule has 28 heavy (non-hydrogen) atoms. The molecule has 10 nitrogen and oxygen atoms in total. The van der Waals surface area contributed by atoms with Crippen LogP contribution in [0, 0.1) is 0 Å². The summed E-state index contributed by atoms with van der Waals surface area (Å²) >= 11 is 1.18. The number of ether oxygens (including phenoxy) is 1. The molecular weight excluding hydrogens is 384 g/mol. The van der Waals surface area contributed by atoms with Crippen molar-refractivity contribution in [3.05, 3.63) is 24.5 Å². The molecule has 0 unspecified atom stereocenters. The van der Waals surface area contributed by atoms with Gasteiger partial charge in [-0.1, -0.05) is 6.07 Å². The van der Waals surface area contributed by atoms with Crippen molar-refractivity contribution < 1.29 is 19.1 Å². The van der Waals surface area contributed by atoms with Crippen molar-refractivity contribution in [2.45, 2.75) is 30.3 Å². The van der Waals surface area contributed by atoms with Gasteiger partial charge in [0, 0.05) is 25.2 Å².